The third kappa shape index (κ3) is 1.32. The number of ether oxygens (including phenoxy) is 1. The summed E-state index contributed by atoms with van der Waals surface area (Å²) >= 11 is 0. The van der Waals surface area contributed by atoms with E-state index in [-0.39, 0.29) is 0 Å². The van der Waals surface area contributed by atoms with Crippen LogP contribution in [0.15, 0.2) is 24.3 Å². The van der Waals surface area contributed by atoms with Crippen molar-refractivity contribution in [3.8, 4) is 5.75 Å². The van der Waals surface area contributed by atoms with Crippen molar-refractivity contribution >= 4 is 5.57 Å². The molecule has 0 radical (unpaired) electrons. The normalized spacial score (nSPS) is 19.1. The molecule has 0 aliphatic heterocycles. The van der Waals surface area contributed by atoms with Crippen molar-refractivity contribution in [2.75, 3.05) is 13.7 Å². The molecule has 14 heavy (non-hydrogen) atoms. The van der Waals surface area contributed by atoms with Crippen molar-refractivity contribution in [3.05, 3.63) is 35.4 Å². The summed E-state index contributed by atoms with van der Waals surface area (Å²) in [6.07, 6.45) is 2.23. The Hall–Kier alpha value is -1.28. The van der Waals surface area contributed by atoms with Gasteiger partial charge in [-0.3, -0.25) is 0 Å². The molecule has 2 heteroatoms. The molecule has 1 aliphatic carbocycles. The van der Waals surface area contributed by atoms with Crippen LogP contribution in [0.2, 0.25) is 0 Å². The van der Waals surface area contributed by atoms with Gasteiger partial charge in [0.2, 0.25) is 0 Å². The first-order valence-electron chi connectivity index (χ1n) is 4.85. The quantitative estimate of drug-likeness (QED) is 0.773. The summed E-state index contributed by atoms with van der Waals surface area (Å²) in [4.78, 5) is 0. The van der Waals surface area contributed by atoms with Gasteiger partial charge >= 0.3 is 0 Å². The molecule has 2 N–H and O–H groups in total. The van der Waals surface area contributed by atoms with Crippen LogP contribution in [-0.4, -0.2) is 13.7 Å². The van der Waals surface area contributed by atoms with Gasteiger partial charge < -0.3 is 10.5 Å². The SMILES string of the molecule is COc1ccc2c(c1)C(CN)=CC2C. The molecule has 0 saturated heterocycles. The highest BCUT2D eigenvalue weighted by molar-refractivity contribution is 5.76. The fraction of sp³-hybridized carbons (Fsp3) is 0.333. The molecular formula is C12H15NO. The maximum absolute atomic E-state index is 5.69. The van der Waals surface area contributed by atoms with E-state index in [2.05, 4.69) is 25.1 Å². The highest BCUT2D eigenvalue weighted by atomic mass is 16.5. The van der Waals surface area contributed by atoms with E-state index in [0.29, 0.717) is 12.5 Å². The van der Waals surface area contributed by atoms with Crippen LogP contribution >= 0.6 is 0 Å². The lowest BCUT2D eigenvalue weighted by Gasteiger charge is -2.07. The summed E-state index contributed by atoms with van der Waals surface area (Å²) in [5.41, 5.74) is 9.52. The van der Waals surface area contributed by atoms with Crippen LogP contribution in [0.1, 0.15) is 24.0 Å². The summed E-state index contributed by atoms with van der Waals surface area (Å²) < 4.78 is 5.20. The van der Waals surface area contributed by atoms with Gasteiger partial charge in [0, 0.05) is 12.5 Å². The number of rotatable bonds is 2. The maximum atomic E-state index is 5.69. The Morgan fingerprint density at radius 1 is 1.43 bits per heavy atom. The summed E-state index contributed by atoms with van der Waals surface area (Å²) in [5.74, 6) is 1.38. The molecule has 0 fully saturated rings. The standard InChI is InChI=1S/C12H15NO/c1-8-5-9(7-13)12-6-10(14-2)3-4-11(8)12/h3-6,8H,7,13H2,1-2H3. The molecule has 0 heterocycles. The largest absolute Gasteiger partial charge is 0.497 e. The van der Waals surface area contributed by atoms with Crippen LogP contribution in [0.5, 0.6) is 5.75 Å². The summed E-state index contributed by atoms with van der Waals surface area (Å²) in [6.45, 7) is 2.79. The van der Waals surface area contributed by atoms with Crippen molar-refractivity contribution in [1.82, 2.24) is 0 Å². The van der Waals surface area contributed by atoms with Crippen LogP contribution in [0.3, 0.4) is 0 Å². The second kappa shape index (κ2) is 3.46. The monoisotopic (exact) mass is 189 g/mol. The molecule has 2 rings (SSSR count). The Morgan fingerprint density at radius 2 is 2.21 bits per heavy atom. The van der Waals surface area contributed by atoms with E-state index in [1.807, 2.05) is 6.07 Å². The van der Waals surface area contributed by atoms with Gasteiger partial charge in [0.25, 0.3) is 0 Å². The highest BCUT2D eigenvalue weighted by Gasteiger charge is 2.19. The van der Waals surface area contributed by atoms with Gasteiger partial charge in [0.1, 0.15) is 5.75 Å². The molecule has 1 aromatic carbocycles. The zero-order valence-electron chi connectivity index (χ0n) is 8.58. The van der Waals surface area contributed by atoms with E-state index in [0.717, 1.165) is 5.75 Å². The van der Waals surface area contributed by atoms with Gasteiger partial charge in [0.05, 0.1) is 7.11 Å². The Balaban J connectivity index is 2.49. The number of benzene rings is 1. The lowest BCUT2D eigenvalue weighted by atomic mass is 10.0. The zero-order chi connectivity index (χ0) is 10.1. The third-order valence-corrected chi connectivity index (χ3v) is 2.77. The number of hydrogen-bond acceptors (Lipinski definition) is 2. The first-order valence-corrected chi connectivity index (χ1v) is 4.85. The second-order valence-corrected chi connectivity index (χ2v) is 3.64. The fourth-order valence-corrected chi connectivity index (χ4v) is 2.00. The Labute approximate surface area is 84.4 Å². The van der Waals surface area contributed by atoms with Gasteiger partial charge in [-0.05, 0) is 28.8 Å². The molecule has 1 aliphatic rings. The Bertz CT molecular complexity index is 382. The number of hydrogen-bond donors (Lipinski definition) is 1. The molecule has 1 aromatic rings. The van der Waals surface area contributed by atoms with Gasteiger partial charge in [-0.1, -0.05) is 19.1 Å². The first kappa shape index (κ1) is 9.28. The van der Waals surface area contributed by atoms with Crippen LogP contribution in [-0.2, 0) is 0 Å². The second-order valence-electron chi connectivity index (χ2n) is 3.64. The topological polar surface area (TPSA) is 35.2 Å². The summed E-state index contributed by atoms with van der Waals surface area (Å²) in [5, 5.41) is 0. The van der Waals surface area contributed by atoms with E-state index in [1.54, 1.807) is 7.11 Å². The number of fused-ring (bicyclic) bond motifs is 1. The Morgan fingerprint density at radius 3 is 2.86 bits per heavy atom. The number of methoxy groups -OCH3 is 1. The van der Waals surface area contributed by atoms with Crippen LogP contribution < -0.4 is 10.5 Å². The molecule has 74 valence electrons. The lowest BCUT2D eigenvalue weighted by molar-refractivity contribution is 0.414. The predicted octanol–water partition coefficient (Wildman–Crippen LogP) is 2.15. The number of nitrogens with two attached hydrogens (primary N) is 1. The van der Waals surface area contributed by atoms with Crippen LogP contribution in [0.4, 0.5) is 0 Å². The van der Waals surface area contributed by atoms with Crippen LogP contribution in [0, 0.1) is 0 Å². The van der Waals surface area contributed by atoms with Crippen LogP contribution in [0.25, 0.3) is 5.57 Å². The minimum atomic E-state index is 0.481. The molecule has 0 bridgehead atoms. The predicted molar refractivity (Wildman–Crippen MR) is 58.4 cm³/mol. The van der Waals surface area contributed by atoms with Gasteiger partial charge in [0.15, 0.2) is 0 Å². The average molecular weight is 189 g/mol. The minimum Gasteiger partial charge on any atom is -0.497 e. The van der Waals surface area contributed by atoms with E-state index in [4.69, 9.17) is 10.5 Å². The van der Waals surface area contributed by atoms with E-state index in [1.165, 1.54) is 16.7 Å². The van der Waals surface area contributed by atoms with E-state index >= 15 is 0 Å². The van der Waals surface area contributed by atoms with Crippen molar-refractivity contribution in [2.24, 2.45) is 5.73 Å². The van der Waals surface area contributed by atoms with Gasteiger partial charge in [-0.2, -0.15) is 0 Å². The van der Waals surface area contributed by atoms with Crippen molar-refractivity contribution in [2.45, 2.75) is 12.8 Å². The molecule has 1 atom stereocenters. The van der Waals surface area contributed by atoms with Crippen molar-refractivity contribution in [3.63, 3.8) is 0 Å². The van der Waals surface area contributed by atoms with E-state index < -0.39 is 0 Å². The molecular weight excluding hydrogens is 174 g/mol. The molecule has 0 aromatic heterocycles. The summed E-state index contributed by atoms with van der Waals surface area (Å²) in [6, 6.07) is 6.19. The lowest BCUT2D eigenvalue weighted by Crippen LogP contribution is -2.00. The fourth-order valence-electron chi connectivity index (χ4n) is 2.00. The smallest absolute Gasteiger partial charge is 0.119 e. The summed E-state index contributed by atoms with van der Waals surface area (Å²) in [7, 11) is 1.69. The highest BCUT2D eigenvalue weighted by Crippen LogP contribution is 2.36. The third-order valence-electron chi connectivity index (χ3n) is 2.77. The minimum absolute atomic E-state index is 0.481. The average Bonchev–Trinajstić information content (AvgIpc) is 2.55. The molecule has 1 unspecified atom stereocenters. The van der Waals surface area contributed by atoms with E-state index in [9.17, 15) is 0 Å². The van der Waals surface area contributed by atoms with Gasteiger partial charge in [-0.15, -0.1) is 0 Å². The first-order chi connectivity index (χ1) is 6.76. The van der Waals surface area contributed by atoms with Crippen molar-refractivity contribution in [1.29, 1.82) is 0 Å². The Kier molecular flexibility index (Phi) is 2.30. The molecule has 0 spiro atoms. The van der Waals surface area contributed by atoms with Crippen molar-refractivity contribution < 1.29 is 4.74 Å². The maximum Gasteiger partial charge on any atom is 0.119 e. The number of allylic oxidation sites excluding steroid dienone is 1. The molecule has 0 amide bonds. The molecule has 2 nitrogen and oxygen atoms in total. The zero-order valence-corrected chi connectivity index (χ0v) is 8.58. The molecule has 0 saturated carbocycles. The van der Waals surface area contributed by atoms with Gasteiger partial charge in [-0.25, -0.2) is 0 Å².